The molecule has 4 unspecified atom stereocenters. The van der Waals surface area contributed by atoms with Gasteiger partial charge < -0.3 is 10.4 Å². The number of carbonyl (C=O) groups is 1. The number of aliphatic hydroxyl groups is 1. The van der Waals surface area contributed by atoms with Crippen LogP contribution >= 0.6 is 0 Å². The van der Waals surface area contributed by atoms with Crippen LogP contribution in [0, 0.1) is 11.8 Å². The quantitative estimate of drug-likeness (QED) is 0.832. The lowest BCUT2D eigenvalue weighted by Crippen LogP contribution is -2.41. The summed E-state index contributed by atoms with van der Waals surface area (Å²) in [6, 6.07) is -0.223. The molecule has 1 aliphatic rings. The Morgan fingerprint density at radius 2 is 2.00 bits per heavy atom. The molecule has 0 saturated heterocycles. The van der Waals surface area contributed by atoms with Crippen LogP contribution in [-0.2, 0) is 4.79 Å². The Hall–Kier alpha value is -0.780. The van der Waals surface area contributed by atoms with E-state index in [2.05, 4.69) is 5.32 Å². The molecular formula is C13H22F3NO2. The van der Waals surface area contributed by atoms with E-state index in [9.17, 15) is 23.1 Å². The van der Waals surface area contributed by atoms with Gasteiger partial charge in [0.15, 0.2) is 0 Å². The minimum atomic E-state index is -4.20. The maximum absolute atomic E-state index is 12.6. The average molecular weight is 281 g/mol. The molecule has 0 bridgehead atoms. The van der Waals surface area contributed by atoms with Crippen molar-refractivity contribution in [2.45, 2.75) is 64.3 Å². The van der Waals surface area contributed by atoms with Gasteiger partial charge in [0, 0.05) is 12.0 Å². The maximum atomic E-state index is 12.6. The smallest absolute Gasteiger partial charge is 0.391 e. The first kappa shape index (κ1) is 16.3. The lowest BCUT2D eigenvalue weighted by atomic mass is 9.80. The van der Waals surface area contributed by atoms with Crippen LogP contribution in [0.5, 0.6) is 0 Å². The van der Waals surface area contributed by atoms with E-state index < -0.39 is 24.1 Å². The molecule has 0 heterocycles. The fourth-order valence-corrected chi connectivity index (χ4v) is 2.66. The highest BCUT2D eigenvalue weighted by Gasteiger charge is 2.43. The Kier molecular flexibility index (Phi) is 5.64. The number of alkyl halides is 3. The molecule has 3 nitrogen and oxygen atoms in total. The number of hydrogen-bond acceptors (Lipinski definition) is 2. The molecule has 1 saturated carbocycles. The number of aliphatic hydroxyl groups excluding tert-OH is 1. The number of nitrogens with one attached hydrogen (secondary N) is 1. The molecule has 1 fully saturated rings. The Balaban J connectivity index is 2.48. The fourth-order valence-electron chi connectivity index (χ4n) is 2.66. The van der Waals surface area contributed by atoms with Gasteiger partial charge in [0.1, 0.15) is 0 Å². The largest absolute Gasteiger partial charge is 0.393 e. The van der Waals surface area contributed by atoms with Gasteiger partial charge in [-0.3, -0.25) is 4.79 Å². The van der Waals surface area contributed by atoms with Crippen LogP contribution in [0.3, 0.4) is 0 Å². The third-order valence-corrected chi connectivity index (χ3v) is 3.59. The highest BCUT2D eigenvalue weighted by Crippen LogP contribution is 2.39. The lowest BCUT2D eigenvalue weighted by Gasteiger charge is -2.30. The SMILES string of the molecule is CC(O)CC(C)NC(=O)C1CCCC(C(F)(F)F)C1. The molecule has 0 radical (unpaired) electrons. The van der Waals surface area contributed by atoms with Crippen molar-refractivity contribution in [2.24, 2.45) is 11.8 Å². The van der Waals surface area contributed by atoms with Gasteiger partial charge in [-0.05, 0) is 39.5 Å². The fraction of sp³-hybridized carbons (Fsp3) is 0.923. The van der Waals surface area contributed by atoms with E-state index in [1.165, 1.54) is 0 Å². The van der Waals surface area contributed by atoms with Crippen molar-refractivity contribution in [1.29, 1.82) is 0 Å². The van der Waals surface area contributed by atoms with Gasteiger partial charge in [0.2, 0.25) is 5.91 Å². The summed E-state index contributed by atoms with van der Waals surface area (Å²) in [5.41, 5.74) is 0. The van der Waals surface area contributed by atoms with Crippen LogP contribution in [0.1, 0.15) is 46.0 Å². The standard InChI is InChI=1S/C13H22F3NO2/c1-8(6-9(2)18)17-12(19)10-4-3-5-11(7-10)13(14,15)16/h8-11,18H,3-7H2,1-2H3,(H,17,19). The molecule has 0 aliphatic heterocycles. The van der Waals surface area contributed by atoms with Gasteiger partial charge >= 0.3 is 6.18 Å². The summed E-state index contributed by atoms with van der Waals surface area (Å²) in [7, 11) is 0. The Morgan fingerprint density at radius 3 is 2.53 bits per heavy atom. The van der Waals surface area contributed by atoms with Gasteiger partial charge in [-0.25, -0.2) is 0 Å². The molecule has 0 aromatic rings. The highest BCUT2D eigenvalue weighted by molar-refractivity contribution is 5.79. The van der Waals surface area contributed by atoms with Crippen molar-refractivity contribution in [2.75, 3.05) is 0 Å². The van der Waals surface area contributed by atoms with E-state index >= 15 is 0 Å². The average Bonchev–Trinajstić information content (AvgIpc) is 2.26. The summed E-state index contributed by atoms with van der Waals surface area (Å²) in [5, 5.41) is 11.9. The van der Waals surface area contributed by atoms with E-state index in [4.69, 9.17) is 0 Å². The van der Waals surface area contributed by atoms with E-state index in [0.29, 0.717) is 19.3 Å². The zero-order valence-electron chi connectivity index (χ0n) is 11.3. The lowest BCUT2D eigenvalue weighted by molar-refractivity contribution is -0.186. The van der Waals surface area contributed by atoms with Gasteiger partial charge in [0.25, 0.3) is 0 Å². The molecular weight excluding hydrogens is 259 g/mol. The molecule has 0 aromatic heterocycles. The molecule has 2 N–H and O–H groups in total. The second-order valence-electron chi connectivity index (χ2n) is 5.60. The van der Waals surface area contributed by atoms with Gasteiger partial charge in [0.05, 0.1) is 12.0 Å². The molecule has 4 atom stereocenters. The van der Waals surface area contributed by atoms with Crippen LogP contribution in [0.2, 0.25) is 0 Å². The first-order valence-electron chi connectivity index (χ1n) is 6.75. The number of rotatable bonds is 4. The van der Waals surface area contributed by atoms with Crippen LogP contribution in [-0.4, -0.2) is 29.3 Å². The number of halogens is 3. The highest BCUT2D eigenvalue weighted by atomic mass is 19.4. The number of hydrogen-bond donors (Lipinski definition) is 2. The van der Waals surface area contributed by atoms with Crippen molar-refractivity contribution >= 4 is 5.91 Å². The predicted octanol–water partition coefficient (Wildman–Crippen LogP) is 2.63. The molecule has 1 amide bonds. The van der Waals surface area contributed by atoms with Crippen molar-refractivity contribution in [3.63, 3.8) is 0 Å². The van der Waals surface area contributed by atoms with E-state index in [1.807, 2.05) is 0 Å². The Labute approximate surface area is 111 Å². The van der Waals surface area contributed by atoms with Crippen LogP contribution in [0.4, 0.5) is 13.2 Å². The topological polar surface area (TPSA) is 49.3 Å². The number of carbonyl (C=O) groups excluding carboxylic acids is 1. The van der Waals surface area contributed by atoms with E-state index in [0.717, 1.165) is 0 Å². The van der Waals surface area contributed by atoms with Crippen molar-refractivity contribution in [3.05, 3.63) is 0 Å². The second-order valence-corrected chi connectivity index (χ2v) is 5.60. The minimum absolute atomic E-state index is 0.114. The molecule has 112 valence electrons. The molecule has 6 heteroatoms. The second kappa shape index (κ2) is 6.59. The Morgan fingerprint density at radius 1 is 1.37 bits per heavy atom. The maximum Gasteiger partial charge on any atom is 0.391 e. The first-order chi connectivity index (χ1) is 8.70. The summed E-state index contributed by atoms with van der Waals surface area (Å²) in [5.74, 6) is -2.23. The monoisotopic (exact) mass is 281 g/mol. The Bertz CT molecular complexity index is 305. The molecule has 0 spiro atoms. The zero-order chi connectivity index (χ0) is 14.6. The van der Waals surface area contributed by atoms with Crippen molar-refractivity contribution in [3.8, 4) is 0 Å². The predicted molar refractivity (Wildman–Crippen MR) is 65.4 cm³/mol. The van der Waals surface area contributed by atoms with Crippen molar-refractivity contribution < 1.29 is 23.1 Å². The normalized spacial score (nSPS) is 27.7. The summed E-state index contributed by atoms with van der Waals surface area (Å²) >= 11 is 0. The van der Waals surface area contributed by atoms with Gasteiger partial charge in [-0.1, -0.05) is 6.42 Å². The summed E-state index contributed by atoms with van der Waals surface area (Å²) in [4.78, 5) is 11.9. The van der Waals surface area contributed by atoms with Gasteiger partial charge in [-0.2, -0.15) is 13.2 Å². The molecule has 19 heavy (non-hydrogen) atoms. The summed E-state index contributed by atoms with van der Waals surface area (Å²) < 4.78 is 37.9. The van der Waals surface area contributed by atoms with Crippen LogP contribution in [0.15, 0.2) is 0 Å². The molecule has 1 rings (SSSR count). The molecule has 0 aromatic carbocycles. The number of amides is 1. The van der Waals surface area contributed by atoms with Gasteiger partial charge in [-0.15, -0.1) is 0 Å². The van der Waals surface area contributed by atoms with Crippen molar-refractivity contribution in [1.82, 2.24) is 5.32 Å². The van der Waals surface area contributed by atoms with Crippen LogP contribution < -0.4 is 5.32 Å². The minimum Gasteiger partial charge on any atom is -0.393 e. The summed E-state index contributed by atoms with van der Waals surface area (Å²) in [6.07, 6.45) is -3.38. The zero-order valence-corrected chi connectivity index (χ0v) is 11.3. The third-order valence-electron chi connectivity index (χ3n) is 3.59. The van der Waals surface area contributed by atoms with Crippen LogP contribution in [0.25, 0.3) is 0 Å². The van der Waals surface area contributed by atoms with E-state index in [1.54, 1.807) is 13.8 Å². The third kappa shape index (κ3) is 5.38. The summed E-state index contributed by atoms with van der Waals surface area (Å²) in [6.45, 7) is 3.36. The molecule has 1 aliphatic carbocycles. The first-order valence-corrected chi connectivity index (χ1v) is 6.75. The van der Waals surface area contributed by atoms with E-state index in [-0.39, 0.29) is 24.8 Å².